The first kappa shape index (κ1) is 14.9. The number of rotatable bonds is 7. The normalized spacial score (nSPS) is 18.2. The molecule has 0 saturated carbocycles. The minimum Gasteiger partial charge on any atom is -0.492 e. The van der Waals surface area contributed by atoms with E-state index >= 15 is 0 Å². The van der Waals surface area contributed by atoms with Crippen LogP contribution < -0.4 is 10.1 Å². The molecule has 0 bridgehead atoms. The van der Waals surface area contributed by atoms with E-state index in [2.05, 4.69) is 48.6 Å². The van der Waals surface area contributed by atoms with Gasteiger partial charge in [-0.15, -0.1) is 0 Å². The predicted molar refractivity (Wildman–Crippen MR) is 85.5 cm³/mol. The maximum absolute atomic E-state index is 5.76. The van der Waals surface area contributed by atoms with Gasteiger partial charge >= 0.3 is 0 Å². The van der Waals surface area contributed by atoms with E-state index in [-0.39, 0.29) is 0 Å². The Morgan fingerprint density at radius 1 is 1.30 bits per heavy atom. The molecule has 1 aliphatic carbocycles. The Bertz CT molecular complexity index is 429. The molecule has 0 aromatic heterocycles. The van der Waals surface area contributed by atoms with Crippen LogP contribution in [0.5, 0.6) is 5.75 Å². The summed E-state index contributed by atoms with van der Waals surface area (Å²) in [6.07, 6.45) is 8.31. The highest BCUT2D eigenvalue weighted by atomic mass is 16.5. The molecule has 110 valence electrons. The summed E-state index contributed by atoms with van der Waals surface area (Å²) in [4.78, 5) is 2.12. The monoisotopic (exact) mass is 274 g/mol. The smallest absolute Gasteiger partial charge is 0.121 e. The average Bonchev–Trinajstić information content (AvgIpc) is 2.46. The van der Waals surface area contributed by atoms with Gasteiger partial charge in [0, 0.05) is 24.8 Å². The largest absolute Gasteiger partial charge is 0.492 e. The molecule has 0 fully saturated rings. The third-order valence-electron chi connectivity index (χ3n) is 3.61. The molecule has 0 amide bonds. The third kappa shape index (κ3) is 5.25. The Kier molecular flexibility index (Phi) is 5.93. The van der Waals surface area contributed by atoms with Crippen LogP contribution in [0.1, 0.15) is 19.3 Å². The number of hydrogen-bond donors (Lipinski definition) is 1. The van der Waals surface area contributed by atoms with Gasteiger partial charge in [0.1, 0.15) is 12.4 Å². The second kappa shape index (κ2) is 7.95. The molecular formula is C17H26N2O. The molecule has 3 nitrogen and oxygen atoms in total. The molecule has 0 aliphatic heterocycles. The molecule has 1 unspecified atom stereocenters. The lowest BCUT2D eigenvalue weighted by molar-refractivity contribution is 0.261. The lowest BCUT2D eigenvalue weighted by atomic mass is 9.94. The summed E-state index contributed by atoms with van der Waals surface area (Å²) in [5, 5.41) is 3.53. The van der Waals surface area contributed by atoms with Crippen LogP contribution in [-0.4, -0.2) is 38.7 Å². The number of anilines is 1. The standard InChI is InChI=1S/C17H26N2O/c1-19(2)11-12-20-17-10-6-9-16(13-17)18-14-15-7-4-3-5-8-15/h3-4,6,9-10,13,15,18H,5,7-8,11-12,14H2,1-2H3. The van der Waals surface area contributed by atoms with Crippen molar-refractivity contribution in [3.63, 3.8) is 0 Å². The first-order valence-electron chi connectivity index (χ1n) is 7.50. The van der Waals surface area contributed by atoms with Gasteiger partial charge in [0.15, 0.2) is 0 Å². The molecular weight excluding hydrogens is 248 g/mol. The Labute approximate surface area is 122 Å². The zero-order valence-corrected chi connectivity index (χ0v) is 12.6. The SMILES string of the molecule is CN(C)CCOc1cccc(NCC2CC=CCC2)c1. The molecule has 20 heavy (non-hydrogen) atoms. The van der Waals surface area contributed by atoms with E-state index in [1.54, 1.807) is 0 Å². The van der Waals surface area contributed by atoms with Gasteiger partial charge in [0.2, 0.25) is 0 Å². The molecule has 0 saturated heterocycles. The average molecular weight is 274 g/mol. The van der Waals surface area contributed by atoms with E-state index in [1.807, 2.05) is 12.1 Å². The van der Waals surface area contributed by atoms with Crippen LogP contribution in [0.25, 0.3) is 0 Å². The number of ether oxygens (including phenoxy) is 1. The number of nitrogens with one attached hydrogen (secondary N) is 1. The summed E-state index contributed by atoms with van der Waals surface area (Å²) in [7, 11) is 4.11. The molecule has 1 atom stereocenters. The molecule has 1 N–H and O–H groups in total. The molecule has 1 aromatic rings. The van der Waals surface area contributed by atoms with Gasteiger partial charge in [-0.05, 0) is 51.4 Å². The van der Waals surface area contributed by atoms with Crippen molar-refractivity contribution in [2.24, 2.45) is 5.92 Å². The first-order valence-corrected chi connectivity index (χ1v) is 7.50. The Morgan fingerprint density at radius 2 is 2.20 bits per heavy atom. The van der Waals surface area contributed by atoms with E-state index in [0.717, 1.165) is 37.1 Å². The van der Waals surface area contributed by atoms with Crippen LogP contribution in [0, 0.1) is 5.92 Å². The molecule has 3 heteroatoms. The summed E-state index contributed by atoms with van der Waals surface area (Å²) in [6, 6.07) is 8.27. The van der Waals surface area contributed by atoms with Crippen molar-refractivity contribution in [1.29, 1.82) is 0 Å². The molecule has 1 aromatic carbocycles. The first-order chi connectivity index (χ1) is 9.74. The lowest BCUT2D eigenvalue weighted by Crippen LogP contribution is -2.19. The van der Waals surface area contributed by atoms with Crippen molar-refractivity contribution in [3.05, 3.63) is 36.4 Å². The zero-order valence-electron chi connectivity index (χ0n) is 12.6. The van der Waals surface area contributed by atoms with Gasteiger partial charge < -0.3 is 15.0 Å². The minimum atomic E-state index is 0.726. The summed E-state index contributed by atoms with van der Waals surface area (Å²) in [5.41, 5.74) is 1.15. The van der Waals surface area contributed by atoms with Gasteiger partial charge in [-0.3, -0.25) is 0 Å². The van der Waals surface area contributed by atoms with E-state index < -0.39 is 0 Å². The number of benzene rings is 1. The highest BCUT2D eigenvalue weighted by Crippen LogP contribution is 2.21. The van der Waals surface area contributed by atoms with Crippen LogP contribution in [0.4, 0.5) is 5.69 Å². The third-order valence-corrected chi connectivity index (χ3v) is 3.61. The van der Waals surface area contributed by atoms with Crippen molar-refractivity contribution in [1.82, 2.24) is 4.90 Å². The number of allylic oxidation sites excluding steroid dienone is 2. The van der Waals surface area contributed by atoms with Gasteiger partial charge in [-0.1, -0.05) is 18.2 Å². The van der Waals surface area contributed by atoms with Crippen molar-refractivity contribution in [2.45, 2.75) is 19.3 Å². The Morgan fingerprint density at radius 3 is 2.95 bits per heavy atom. The summed E-state index contributed by atoms with van der Waals surface area (Å²) >= 11 is 0. The summed E-state index contributed by atoms with van der Waals surface area (Å²) in [6.45, 7) is 2.71. The van der Waals surface area contributed by atoms with E-state index in [1.165, 1.54) is 19.3 Å². The number of likely N-dealkylation sites (N-methyl/N-ethyl adjacent to an activating group) is 1. The van der Waals surface area contributed by atoms with Crippen molar-refractivity contribution in [2.75, 3.05) is 39.1 Å². The number of nitrogens with zero attached hydrogens (tertiary/aromatic N) is 1. The second-order valence-corrected chi connectivity index (χ2v) is 5.71. The maximum atomic E-state index is 5.76. The second-order valence-electron chi connectivity index (χ2n) is 5.71. The zero-order chi connectivity index (χ0) is 14.2. The van der Waals surface area contributed by atoms with Crippen LogP contribution >= 0.6 is 0 Å². The quantitative estimate of drug-likeness (QED) is 0.771. The number of hydrogen-bond acceptors (Lipinski definition) is 3. The lowest BCUT2D eigenvalue weighted by Gasteiger charge is -2.19. The fourth-order valence-electron chi connectivity index (χ4n) is 2.35. The van der Waals surface area contributed by atoms with Gasteiger partial charge in [-0.2, -0.15) is 0 Å². The maximum Gasteiger partial charge on any atom is 0.121 e. The van der Waals surface area contributed by atoms with Crippen LogP contribution in [0.15, 0.2) is 36.4 Å². The Balaban J connectivity index is 1.78. The highest BCUT2D eigenvalue weighted by molar-refractivity contribution is 5.48. The fourth-order valence-corrected chi connectivity index (χ4v) is 2.35. The summed E-state index contributed by atoms with van der Waals surface area (Å²) < 4.78 is 5.76. The van der Waals surface area contributed by atoms with Crippen LogP contribution in [0.2, 0.25) is 0 Å². The molecule has 0 radical (unpaired) electrons. The summed E-state index contributed by atoms with van der Waals surface area (Å²) in [5.74, 6) is 1.71. The van der Waals surface area contributed by atoms with E-state index in [4.69, 9.17) is 4.74 Å². The van der Waals surface area contributed by atoms with Crippen molar-refractivity contribution < 1.29 is 4.74 Å². The minimum absolute atomic E-state index is 0.726. The van der Waals surface area contributed by atoms with Gasteiger partial charge in [0.25, 0.3) is 0 Å². The van der Waals surface area contributed by atoms with Gasteiger partial charge in [0.05, 0.1) is 0 Å². The van der Waals surface area contributed by atoms with Crippen LogP contribution in [0.3, 0.4) is 0 Å². The van der Waals surface area contributed by atoms with E-state index in [0.29, 0.717) is 0 Å². The Hall–Kier alpha value is -1.48. The highest BCUT2D eigenvalue weighted by Gasteiger charge is 2.09. The topological polar surface area (TPSA) is 24.5 Å². The molecule has 0 spiro atoms. The predicted octanol–water partition coefficient (Wildman–Crippen LogP) is 3.40. The fraction of sp³-hybridized carbons (Fsp3) is 0.529. The van der Waals surface area contributed by atoms with Crippen molar-refractivity contribution in [3.8, 4) is 5.75 Å². The van der Waals surface area contributed by atoms with Crippen LogP contribution in [-0.2, 0) is 0 Å². The van der Waals surface area contributed by atoms with Crippen molar-refractivity contribution >= 4 is 5.69 Å². The molecule has 1 aliphatic rings. The molecule has 2 rings (SSSR count). The van der Waals surface area contributed by atoms with E-state index in [9.17, 15) is 0 Å². The van der Waals surface area contributed by atoms with Gasteiger partial charge in [-0.25, -0.2) is 0 Å². The molecule has 0 heterocycles.